The fourth-order valence-electron chi connectivity index (χ4n) is 1.12. The van der Waals surface area contributed by atoms with Crippen LogP contribution in [0.3, 0.4) is 0 Å². The van der Waals surface area contributed by atoms with Gasteiger partial charge in [-0.2, -0.15) is 10.1 Å². The predicted octanol–water partition coefficient (Wildman–Crippen LogP) is 2.51. The van der Waals surface area contributed by atoms with Crippen molar-refractivity contribution in [2.75, 3.05) is 5.32 Å². The van der Waals surface area contributed by atoms with Gasteiger partial charge < -0.3 is 5.32 Å². The maximum atomic E-state index is 5.61. The van der Waals surface area contributed by atoms with Gasteiger partial charge in [0.1, 0.15) is 5.82 Å². The fraction of sp³-hybridized carbons (Fsp3) is 0.222. The number of nitrogens with zero attached hydrogens (tertiary/aromatic N) is 3. The minimum Gasteiger partial charge on any atom is -0.364 e. The second kappa shape index (κ2) is 4.55. The molecule has 0 atom stereocenters. The van der Waals surface area contributed by atoms with Crippen LogP contribution in [0.15, 0.2) is 18.3 Å². The third-order valence-corrected chi connectivity index (χ3v) is 2.93. The Labute approximate surface area is 96.3 Å². The van der Waals surface area contributed by atoms with Crippen LogP contribution in [0.5, 0.6) is 0 Å². The van der Waals surface area contributed by atoms with E-state index in [-0.39, 0.29) is 5.28 Å². The molecule has 4 nitrogen and oxygen atoms in total. The van der Waals surface area contributed by atoms with Crippen molar-refractivity contribution in [3.8, 4) is 0 Å². The van der Waals surface area contributed by atoms with Crippen molar-refractivity contribution in [3.63, 3.8) is 0 Å². The Balaban J connectivity index is 1.99. The third-order valence-electron chi connectivity index (χ3n) is 1.77. The molecule has 6 heteroatoms. The number of rotatable bonds is 3. The maximum absolute atomic E-state index is 5.61. The summed E-state index contributed by atoms with van der Waals surface area (Å²) in [5, 5.41) is 10.5. The topological polar surface area (TPSA) is 50.7 Å². The highest BCUT2D eigenvalue weighted by atomic mass is 35.5. The SMILES string of the molecule is Cc1ccc(CNc2cnnc(Cl)n2)s1. The van der Waals surface area contributed by atoms with Gasteiger partial charge in [-0.1, -0.05) is 0 Å². The summed E-state index contributed by atoms with van der Waals surface area (Å²) in [6.45, 7) is 2.81. The number of aryl methyl sites for hydroxylation is 1. The number of anilines is 1. The van der Waals surface area contributed by atoms with E-state index in [0.717, 1.165) is 6.54 Å². The van der Waals surface area contributed by atoms with Gasteiger partial charge in [-0.05, 0) is 30.7 Å². The molecule has 0 aromatic carbocycles. The highest BCUT2D eigenvalue weighted by Crippen LogP contribution is 2.16. The number of halogens is 1. The van der Waals surface area contributed by atoms with Gasteiger partial charge in [0.25, 0.3) is 0 Å². The van der Waals surface area contributed by atoms with Crippen LogP contribution >= 0.6 is 22.9 Å². The molecule has 0 saturated carbocycles. The summed E-state index contributed by atoms with van der Waals surface area (Å²) >= 11 is 7.36. The van der Waals surface area contributed by atoms with Gasteiger partial charge in [-0.3, -0.25) is 0 Å². The molecule has 0 aliphatic carbocycles. The second-order valence-electron chi connectivity index (χ2n) is 2.98. The van der Waals surface area contributed by atoms with E-state index in [1.807, 2.05) is 0 Å². The van der Waals surface area contributed by atoms with Gasteiger partial charge in [0.15, 0.2) is 0 Å². The Morgan fingerprint density at radius 2 is 2.33 bits per heavy atom. The Morgan fingerprint density at radius 3 is 3.00 bits per heavy atom. The first-order valence-corrected chi connectivity index (χ1v) is 5.58. The highest BCUT2D eigenvalue weighted by Gasteiger charge is 1.99. The van der Waals surface area contributed by atoms with Crippen LogP contribution in [0.2, 0.25) is 5.28 Å². The monoisotopic (exact) mass is 240 g/mol. The maximum Gasteiger partial charge on any atom is 0.244 e. The molecular weight excluding hydrogens is 232 g/mol. The molecule has 78 valence electrons. The van der Waals surface area contributed by atoms with Crippen LogP contribution in [0.4, 0.5) is 5.82 Å². The number of hydrogen-bond donors (Lipinski definition) is 1. The van der Waals surface area contributed by atoms with Gasteiger partial charge >= 0.3 is 0 Å². The van der Waals surface area contributed by atoms with Gasteiger partial charge in [0.2, 0.25) is 5.28 Å². The third kappa shape index (κ3) is 2.87. The normalized spacial score (nSPS) is 10.3. The number of thiophene rings is 1. The Hall–Kier alpha value is -1.20. The lowest BCUT2D eigenvalue weighted by Crippen LogP contribution is -2.01. The van der Waals surface area contributed by atoms with Crippen LogP contribution in [0.1, 0.15) is 9.75 Å². The molecule has 2 rings (SSSR count). The molecule has 2 heterocycles. The quantitative estimate of drug-likeness (QED) is 0.896. The first-order chi connectivity index (χ1) is 7.24. The Morgan fingerprint density at radius 1 is 1.47 bits per heavy atom. The first-order valence-electron chi connectivity index (χ1n) is 4.38. The van der Waals surface area contributed by atoms with E-state index >= 15 is 0 Å². The fourth-order valence-corrected chi connectivity index (χ4v) is 2.09. The van der Waals surface area contributed by atoms with Crippen LogP contribution in [-0.4, -0.2) is 15.2 Å². The molecular formula is C9H9ClN4S. The first kappa shape index (κ1) is 10.3. The van der Waals surface area contributed by atoms with Crippen molar-refractivity contribution in [2.24, 2.45) is 0 Å². The largest absolute Gasteiger partial charge is 0.364 e. The number of nitrogens with one attached hydrogen (secondary N) is 1. The minimum absolute atomic E-state index is 0.155. The van der Waals surface area contributed by atoms with Crippen molar-refractivity contribution < 1.29 is 0 Å². The predicted molar refractivity (Wildman–Crippen MR) is 61.2 cm³/mol. The van der Waals surface area contributed by atoms with Gasteiger partial charge in [0.05, 0.1) is 12.7 Å². The van der Waals surface area contributed by atoms with Crippen LogP contribution in [0.25, 0.3) is 0 Å². The van der Waals surface area contributed by atoms with Crippen LogP contribution in [-0.2, 0) is 6.54 Å². The molecule has 0 bridgehead atoms. The summed E-state index contributed by atoms with van der Waals surface area (Å²) < 4.78 is 0. The van der Waals surface area contributed by atoms with Crippen molar-refractivity contribution in [1.29, 1.82) is 0 Å². The molecule has 0 aliphatic heterocycles. The lowest BCUT2D eigenvalue weighted by molar-refractivity contribution is 0.960. The highest BCUT2D eigenvalue weighted by molar-refractivity contribution is 7.11. The van der Waals surface area contributed by atoms with Crippen molar-refractivity contribution in [2.45, 2.75) is 13.5 Å². The van der Waals surface area contributed by atoms with Gasteiger partial charge in [-0.15, -0.1) is 16.4 Å². The Bertz CT molecular complexity index is 457. The van der Waals surface area contributed by atoms with E-state index in [2.05, 4.69) is 39.6 Å². The summed E-state index contributed by atoms with van der Waals surface area (Å²) in [5.41, 5.74) is 0. The van der Waals surface area contributed by atoms with Crippen molar-refractivity contribution in [1.82, 2.24) is 15.2 Å². The minimum atomic E-state index is 0.155. The lowest BCUT2D eigenvalue weighted by atomic mass is 10.4. The lowest BCUT2D eigenvalue weighted by Gasteiger charge is -2.01. The number of aromatic nitrogens is 3. The summed E-state index contributed by atoms with van der Waals surface area (Å²) in [7, 11) is 0. The molecule has 0 fully saturated rings. The zero-order valence-corrected chi connectivity index (χ0v) is 9.64. The molecule has 2 aromatic rings. The van der Waals surface area contributed by atoms with Gasteiger partial charge in [0, 0.05) is 9.75 Å². The van der Waals surface area contributed by atoms with E-state index in [9.17, 15) is 0 Å². The summed E-state index contributed by atoms with van der Waals surface area (Å²) in [6.07, 6.45) is 1.55. The second-order valence-corrected chi connectivity index (χ2v) is 4.69. The molecule has 0 aliphatic rings. The van der Waals surface area contributed by atoms with Crippen LogP contribution < -0.4 is 5.32 Å². The molecule has 0 amide bonds. The number of hydrogen-bond acceptors (Lipinski definition) is 5. The van der Waals surface area contributed by atoms with Crippen LogP contribution in [0, 0.1) is 6.92 Å². The molecule has 0 saturated heterocycles. The van der Waals surface area contributed by atoms with Crippen molar-refractivity contribution in [3.05, 3.63) is 33.4 Å². The molecule has 2 aromatic heterocycles. The Kier molecular flexibility index (Phi) is 3.13. The molecule has 15 heavy (non-hydrogen) atoms. The van der Waals surface area contributed by atoms with Gasteiger partial charge in [-0.25, -0.2) is 0 Å². The summed E-state index contributed by atoms with van der Waals surface area (Å²) in [5.74, 6) is 0.640. The molecule has 1 N–H and O–H groups in total. The van der Waals surface area contributed by atoms with Crippen molar-refractivity contribution >= 4 is 28.8 Å². The standard InChI is InChI=1S/C9H9ClN4S/c1-6-2-3-7(15-6)4-11-8-5-12-14-9(10)13-8/h2-3,5H,4H2,1H3,(H,11,13,14). The molecule has 0 spiro atoms. The van der Waals surface area contributed by atoms with E-state index in [0.29, 0.717) is 5.82 Å². The van der Waals surface area contributed by atoms with E-state index < -0.39 is 0 Å². The summed E-state index contributed by atoms with van der Waals surface area (Å²) in [6, 6.07) is 4.18. The smallest absolute Gasteiger partial charge is 0.244 e. The van der Waals surface area contributed by atoms with E-state index in [1.165, 1.54) is 9.75 Å². The average Bonchev–Trinajstić information content (AvgIpc) is 2.62. The zero-order valence-electron chi connectivity index (χ0n) is 8.07. The zero-order chi connectivity index (χ0) is 10.7. The molecule has 0 radical (unpaired) electrons. The summed E-state index contributed by atoms with van der Waals surface area (Å²) in [4.78, 5) is 6.53. The molecule has 0 unspecified atom stereocenters. The van der Waals surface area contributed by atoms with E-state index in [4.69, 9.17) is 11.6 Å². The van der Waals surface area contributed by atoms with E-state index in [1.54, 1.807) is 17.5 Å². The average molecular weight is 241 g/mol.